The summed E-state index contributed by atoms with van der Waals surface area (Å²) in [6.45, 7) is 37.5. The van der Waals surface area contributed by atoms with Crippen LogP contribution in [0.25, 0.3) is 55.3 Å². The van der Waals surface area contributed by atoms with Crippen LogP contribution in [0.1, 0.15) is 195 Å². The molecule has 79 heavy (non-hydrogen) atoms. The zero-order valence-corrected chi connectivity index (χ0v) is 52.0. The summed E-state index contributed by atoms with van der Waals surface area (Å²) >= 11 is 0. The van der Waals surface area contributed by atoms with Crippen LogP contribution in [0.5, 0.6) is 11.5 Å². The van der Waals surface area contributed by atoms with Crippen LogP contribution in [0, 0.1) is 17.5 Å². The van der Waals surface area contributed by atoms with Gasteiger partial charge in [0.2, 0.25) is 0 Å². The van der Waals surface area contributed by atoms with Crippen LogP contribution < -0.4 is 9.64 Å². The van der Waals surface area contributed by atoms with E-state index in [4.69, 9.17) is 15.0 Å². The third kappa shape index (κ3) is 11.6. The van der Waals surface area contributed by atoms with Gasteiger partial charge in [-0.3, -0.25) is 4.98 Å². The van der Waals surface area contributed by atoms with Gasteiger partial charge in [-0.1, -0.05) is 209 Å². The molecule has 1 unspecified atom stereocenters. The Bertz CT molecular complexity index is 3750. The minimum atomic E-state index is -1.58. The van der Waals surface area contributed by atoms with Crippen molar-refractivity contribution >= 4 is 38.9 Å². The number of hydrogen-bond donors (Lipinski definition) is 0. The Balaban J connectivity index is 0.00000792. The van der Waals surface area contributed by atoms with Gasteiger partial charge in [0.25, 0.3) is 0 Å². The van der Waals surface area contributed by atoms with E-state index >= 15 is 0 Å². The van der Waals surface area contributed by atoms with Crippen molar-refractivity contribution in [3.05, 3.63) is 201 Å². The van der Waals surface area contributed by atoms with Crippen LogP contribution >= 0.6 is 0 Å². The number of benzene rings is 8. The molecule has 1 aliphatic rings. The summed E-state index contributed by atoms with van der Waals surface area (Å²) in [7, 11) is 0. The summed E-state index contributed by atoms with van der Waals surface area (Å²) < 4.78 is 28.4. The first-order valence-corrected chi connectivity index (χ1v) is 28.4. The average Bonchev–Trinajstić information content (AvgIpc) is 4.01. The van der Waals surface area contributed by atoms with Gasteiger partial charge >= 0.3 is 0 Å². The Hall–Kier alpha value is -6.42. The molecule has 0 bridgehead atoms. The number of aromatic nitrogens is 2. The minimum Gasteiger partial charge on any atom is -0.661 e. The predicted octanol–water partition coefficient (Wildman–Crippen LogP) is 21.4. The maximum Gasteiger partial charge on any atom is 0.0774 e. The second-order valence-corrected chi connectivity index (χ2v) is 26.1. The zero-order valence-electron chi connectivity index (χ0n) is 51.7. The van der Waals surface area contributed by atoms with Gasteiger partial charge in [0.15, 0.2) is 0 Å². The van der Waals surface area contributed by atoms with E-state index in [-0.39, 0.29) is 55.6 Å². The molecule has 1 aliphatic heterocycles. The van der Waals surface area contributed by atoms with E-state index < -0.39 is 18.0 Å². The summed E-state index contributed by atoms with van der Waals surface area (Å²) in [6.07, 6.45) is -2.01. The van der Waals surface area contributed by atoms with Gasteiger partial charge in [-0.15, -0.1) is 40.6 Å². The fraction of sp³-hybridized carbons (Fsp3) is 0.356. The van der Waals surface area contributed by atoms with Gasteiger partial charge in [0, 0.05) is 52.4 Å². The van der Waals surface area contributed by atoms with Crippen molar-refractivity contribution in [1.82, 2.24) is 9.55 Å². The number of imidazole rings is 1. The van der Waals surface area contributed by atoms with Crippen LogP contribution in [0.4, 0.5) is 17.1 Å². The molecule has 0 aliphatic carbocycles. The van der Waals surface area contributed by atoms with Crippen LogP contribution in [0.15, 0.2) is 140 Å². The van der Waals surface area contributed by atoms with Crippen molar-refractivity contribution in [3.63, 3.8) is 0 Å². The Morgan fingerprint density at radius 2 is 1.11 bits per heavy atom. The Morgan fingerprint density at radius 3 is 1.72 bits per heavy atom. The van der Waals surface area contributed by atoms with E-state index in [2.05, 4.69) is 252 Å². The van der Waals surface area contributed by atoms with Crippen LogP contribution in [0.3, 0.4) is 0 Å². The molecule has 6 heteroatoms. The third-order valence-corrected chi connectivity index (χ3v) is 15.3. The first-order valence-electron chi connectivity index (χ1n) is 29.4. The first kappa shape index (κ1) is 54.5. The van der Waals surface area contributed by atoms with Gasteiger partial charge < -0.3 is 19.5 Å². The van der Waals surface area contributed by atoms with Gasteiger partial charge in [-0.2, -0.15) is 11.6 Å². The number of ether oxygens (including phenoxy) is 1. The van der Waals surface area contributed by atoms with Gasteiger partial charge in [0.05, 0.1) is 16.9 Å². The number of para-hydroxylation sites is 4. The monoisotopic (exact) mass is 1230 g/mol. The van der Waals surface area contributed by atoms with Gasteiger partial charge in [0.1, 0.15) is 0 Å². The van der Waals surface area contributed by atoms with E-state index in [1.54, 1.807) is 0 Å². The maximum atomic E-state index is 9.45. The van der Waals surface area contributed by atoms with Crippen LogP contribution in [-0.2, 0) is 38.3 Å². The van der Waals surface area contributed by atoms with Crippen molar-refractivity contribution in [1.29, 1.82) is 0 Å². The SMILES string of the molecule is [2H]C([2H])(c1cc(C(C)C)c(-n2c(-c3[c-]c(Oc4[c-]c(C5[N-]c6ccccc6N5c5c(C(C)C)cc(-c6ccc7ccccc7c6)cc5C(C)C)cc(C(C)(C)C)c4)cc(C(C)(C)C)c3)nc3ccccc32)c(C(C)C)c1)C(C)(C)C.[Pt]. The summed E-state index contributed by atoms with van der Waals surface area (Å²) in [5, 5.41) is 8.06. The number of hydrogen-bond acceptors (Lipinski definition) is 3. The topological polar surface area (TPSA) is 44.4 Å². The molecule has 0 saturated heterocycles. The van der Waals surface area contributed by atoms with E-state index in [1.807, 2.05) is 26.8 Å². The molecule has 9 aromatic rings. The smallest absolute Gasteiger partial charge is 0.0774 e. The molecule has 0 fully saturated rings. The molecule has 0 N–H and O–H groups in total. The molecule has 0 spiro atoms. The largest absolute Gasteiger partial charge is 0.661 e. The number of rotatable bonds is 12. The zero-order chi connectivity index (χ0) is 57.5. The quantitative estimate of drug-likeness (QED) is 0.115. The van der Waals surface area contributed by atoms with Crippen molar-refractivity contribution in [3.8, 4) is 39.7 Å². The molecule has 0 saturated carbocycles. The third-order valence-electron chi connectivity index (χ3n) is 15.3. The Morgan fingerprint density at radius 1 is 0.570 bits per heavy atom. The molecule has 1 atom stereocenters. The summed E-state index contributed by atoms with van der Waals surface area (Å²) in [4.78, 5) is 7.94. The van der Waals surface area contributed by atoms with Crippen molar-refractivity contribution in [2.24, 2.45) is 5.41 Å². The van der Waals surface area contributed by atoms with E-state index in [1.165, 1.54) is 38.7 Å². The summed E-state index contributed by atoms with van der Waals surface area (Å²) in [6, 6.07) is 57.8. The summed E-state index contributed by atoms with van der Waals surface area (Å²) in [5.41, 5.74) is 16.7. The summed E-state index contributed by atoms with van der Waals surface area (Å²) in [5.74, 6) is 2.48. The molecule has 10 rings (SSSR count). The Kier molecular flexibility index (Phi) is 15.1. The van der Waals surface area contributed by atoms with Crippen LogP contribution in [0.2, 0.25) is 0 Å². The molecular formula is C73H81N4OPt-3. The van der Waals surface area contributed by atoms with Crippen molar-refractivity contribution < 1.29 is 28.5 Å². The molecular weight excluding hydrogens is 1140 g/mol. The number of nitrogens with zero attached hydrogens (tertiary/aromatic N) is 4. The molecule has 0 amide bonds. The van der Waals surface area contributed by atoms with Crippen molar-refractivity contribution in [2.45, 2.75) is 165 Å². The fourth-order valence-electron chi connectivity index (χ4n) is 11.1. The molecule has 412 valence electrons. The fourth-order valence-corrected chi connectivity index (χ4v) is 11.1. The Labute approximate surface area is 490 Å². The maximum absolute atomic E-state index is 9.45. The molecule has 5 nitrogen and oxygen atoms in total. The first-order chi connectivity index (χ1) is 37.6. The second-order valence-electron chi connectivity index (χ2n) is 26.1. The van der Waals surface area contributed by atoms with Crippen LogP contribution in [-0.4, -0.2) is 9.55 Å². The number of anilines is 2. The minimum absolute atomic E-state index is 0. The standard InChI is InChI=1S/C73H81N4O.Pt/c1-44(2)59-32-48(43-71(9,10)11)33-60(45(3)4)67(59)76-65-28-22-20-26-63(65)74-69(76)53-35-55(72(12,13)14)41-57(37-53)78-58-38-54(36-56(42-58)73(15,16)17)70-75-64-27-21-23-29-66(64)77(70)68-61(46(5)6)39-52(40-62(68)47(7)8)51-31-30-49-24-18-19-25-50(49)34-51;/h18-36,39-42,44-47,70H,43H2,1-17H3;/q-3;/i43D2;. The van der Waals surface area contributed by atoms with E-state index in [0.717, 1.165) is 67.3 Å². The second kappa shape index (κ2) is 21.9. The van der Waals surface area contributed by atoms with Crippen molar-refractivity contribution in [2.75, 3.05) is 4.90 Å². The molecule has 8 aromatic carbocycles. The van der Waals surface area contributed by atoms with Gasteiger partial charge in [-0.05, 0) is 139 Å². The molecule has 0 radical (unpaired) electrons. The average molecular weight is 1230 g/mol. The molecule has 1 aromatic heterocycles. The van der Waals surface area contributed by atoms with E-state index in [9.17, 15) is 2.74 Å². The molecule has 2 heterocycles. The number of fused-ring (bicyclic) bond motifs is 3. The normalized spacial score (nSPS) is 14.5. The van der Waals surface area contributed by atoms with E-state index in [0.29, 0.717) is 17.1 Å². The predicted molar refractivity (Wildman–Crippen MR) is 331 cm³/mol. The van der Waals surface area contributed by atoms with Gasteiger partial charge in [-0.25, -0.2) is 0 Å².